The molecule has 2 aromatic carbocycles. The monoisotopic (exact) mass is 406 g/mol. The molecule has 2 heterocycles. The molecule has 9 heteroatoms. The first-order chi connectivity index (χ1) is 13.7. The molecule has 2 aromatic heterocycles. The van der Waals surface area contributed by atoms with Gasteiger partial charge < -0.3 is 10.2 Å². The number of carbonyl (C=O) groups excluding carboxylic acids is 1. The van der Waals surface area contributed by atoms with Crippen LogP contribution in [0.4, 0.5) is 16.6 Å². The highest BCUT2D eigenvalue weighted by Gasteiger charge is 2.17. The Morgan fingerprint density at radius 3 is 2.71 bits per heavy atom. The van der Waals surface area contributed by atoms with Gasteiger partial charge in [-0.1, -0.05) is 17.4 Å². The molecule has 0 bridgehead atoms. The number of fused-ring (bicyclic) bond motifs is 1. The number of hydrogen-bond donors (Lipinski definition) is 1. The lowest BCUT2D eigenvalue weighted by atomic mass is 10.1. The first-order valence-electron chi connectivity index (χ1n) is 8.34. The van der Waals surface area contributed by atoms with Crippen LogP contribution in [0.25, 0.3) is 11.0 Å². The van der Waals surface area contributed by atoms with Crippen LogP contribution in [0.1, 0.15) is 16.0 Å². The highest BCUT2D eigenvalue weighted by atomic mass is 32.1. The third kappa shape index (κ3) is 3.55. The zero-order valence-electron chi connectivity index (χ0n) is 14.8. The van der Waals surface area contributed by atoms with Crippen molar-refractivity contribution in [3.05, 3.63) is 58.5 Å². The van der Waals surface area contributed by atoms with Crippen molar-refractivity contribution >= 4 is 57.1 Å². The summed E-state index contributed by atoms with van der Waals surface area (Å²) in [5, 5.41) is 12.5. The number of nitriles is 1. The summed E-state index contributed by atoms with van der Waals surface area (Å²) in [6.45, 7) is 2.48. The lowest BCUT2D eigenvalue weighted by Gasteiger charge is -2.22. The molecule has 28 heavy (non-hydrogen) atoms. The lowest BCUT2D eigenvalue weighted by Crippen LogP contribution is -2.16. The average Bonchev–Trinajstić information content (AvgIpc) is 3.33. The summed E-state index contributed by atoms with van der Waals surface area (Å²) in [5.74, 6) is 0.549. The second-order valence-electron chi connectivity index (χ2n) is 6.00. The Morgan fingerprint density at radius 1 is 1.18 bits per heavy atom. The minimum Gasteiger partial charge on any atom is -0.313 e. The number of aromatic nitrogens is 3. The Morgan fingerprint density at radius 2 is 1.96 bits per heavy atom. The molecule has 0 aliphatic carbocycles. The fraction of sp³-hybridized carbons (Fsp3) is 0.105. The molecule has 138 valence electrons. The molecule has 0 aliphatic rings. The topological polar surface area (TPSA) is 94.8 Å². The molecule has 0 spiro atoms. The van der Waals surface area contributed by atoms with Crippen LogP contribution >= 0.6 is 23.1 Å². The molecule has 1 N–H and O–H groups in total. The number of amides is 1. The summed E-state index contributed by atoms with van der Waals surface area (Å²) in [6, 6.07) is 15.5. The predicted octanol–water partition coefficient (Wildman–Crippen LogP) is 4.23. The number of thiazole rings is 1. The van der Waals surface area contributed by atoms with Crippen LogP contribution in [0, 0.1) is 18.3 Å². The van der Waals surface area contributed by atoms with Crippen molar-refractivity contribution in [2.24, 2.45) is 0 Å². The number of rotatable bonds is 6. The molecule has 1 amide bonds. The van der Waals surface area contributed by atoms with Crippen LogP contribution < -0.4 is 10.2 Å². The minimum absolute atomic E-state index is 0.549. The van der Waals surface area contributed by atoms with E-state index in [1.807, 2.05) is 37.3 Å². The lowest BCUT2D eigenvalue weighted by molar-refractivity contribution is -0.105. The van der Waals surface area contributed by atoms with Crippen LogP contribution in [0.15, 0.2) is 42.5 Å². The zero-order chi connectivity index (χ0) is 19.5. The van der Waals surface area contributed by atoms with Crippen LogP contribution in [0.3, 0.4) is 0 Å². The van der Waals surface area contributed by atoms with Crippen molar-refractivity contribution in [2.45, 2.75) is 13.5 Å². The van der Waals surface area contributed by atoms with Crippen molar-refractivity contribution in [1.29, 1.82) is 5.26 Å². The molecule has 0 aliphatic heterocycles. The van der Waals surface area contributed by atoms with Gasteiger partial charge in [0.05, 0.1) is 29.9 Å². The van der Waals surface area contributed by atoms with E-state index in [1.165, 1.54) is 23.1 Å². The van der Waals surface area contributed by atoms with E-state index >= 15 is 0 Å². The number of anilines is 3. The molecule has 0 unspecified atom stereocenters. The first kappa shape index (κ1) is 18.0. The molecule has 4 rings (SSSR count). The van der Waals surface area contributed by atoms with Gasteiger partial charge in [-0.05, 0) is 48.9 Å². The van der Waals surface area contributed by atoms with Gasteiger partial charge in [-0.3, -0.25) is 4.79 Å². The average molecular weight is 406 g/mol. The number of benzene rings is 2. The quantitative estimate of drug-likeness (QED) is 0.481. The predicted molar refractivity (Wildman–Crippen MR) is 111 cm³/mol. The highest BCUT2D eigenvalue weighted by Crippen LogP contribution is 2.35. The summed E-state index contributed by atoms with van der Waals surface area (Å²) >= 11 is 2.69. The summed E-state index contributed by atoms with van der Waals surface area (Å²) in [6.07, 6.45) is 0.626. The van der Waals surface area contributed by atoms with Gasteiger partial charge >= 0.3 is 0 Å². The van der Waals surface area contributed by atoms with Crippen molar-refractivity contribution in [2.75, 3.05) is 10.2 Å². The fourth-order valence-electron chi connectivity index (χ4n) is 2.78. The molecule has 0 saturated heterocycles. The van der Waals surface area contributed by atoms with Crippen molar-refractivity contribution in [3.63, 3.8) is 0 Å². The van der Waals surface area contributed by atoms with Gasteiger partial charge in [0.2, 0.25) is 6.41 Å². The van der Waals surface area contributed by atoms with Gasteiger partial charge in [0.15, 0.2) is 5.13 Å². The van der Waals surface area contributed by atoms with E-state index in [4.69, 9.17) is 5.26 Å². The van der Waals surface area contributed by atoms with Gasteiger partial charge in [0, 0.05) is 10.6 Å². The summed E-state index contributed by atoms with van der Waals surface area (Å²) in [4.78, 5) is 18.4. The van der Waals surface area contributed by atoms with Crippen LogP contribution in [-0.2, 0) is 11.3 Å². The van der Waals surface area contributed by atoms with E-state index < -0.39 is 0 Å². The van der Waals surface area contributed by atoms with Crippen LogP contribution in [-0.4, -0.2) is 20.1 Å². The molecular formula is C19H14N6OS2. The van der Waals surface area contributed by atoms with Crippen molar-refractivity contribution < 1.29 is 4.79 Å². The number of carbonyl (C=O) groups is 1. The van der Waals surface area contributed by atoms with E-state index in [0.29, 0.717) is 24.3 Å². The number of nitrogens with one attached hydrogen (secondary N) is 1. The number of nitrogens with zero attached hydrogens (tertiary/aromatic N) is 5. The molecule has 0 radical (unpaired) electrons. The third-order valence-corrected chi connectivity index (χ3v) is 5.73. The standard InChI is InChI=1S/C19H14N6OS2/c1-12-18(21-11-26)22-19(27-12)25(15-5-2-13(9-20)3-6-15)10-14-4-7-16-17(8-14)24-28-23-16/h2-8,11H,10H2,1H3,(H,21,26). The summed E-state index contributed by atoms with van der Waals surface area (Å²) in [7, 11) is 0. The second kappa shape index (κ2) is 7.72. The minimum atomic E-state index is 0.549. The zero-order valence-corrected chi connectivity index (χ0v) is 16.4. The SMILES string of the molecule is Cc1sc(N(Cc2ccc3nsnc3c2)c2ccc(C#N)cc2)nc1NC=O. The van der Waals surface area contributed by atoms with Crippen LogP contribution in [0.2, 0.25) is 0 Å². The summed E-state index contributed by atoms with van der Waals surface area (Å²) in [5.41, 5.74) is 4.30. The highest BCUT2D eigenvalue weighted by molar-refractivity contribution is 7.16. The number of hydrogen-bond acceptors (Lipinski definition) is 8. The molecule has 7 nitrogen and oxygen atoms in total. The maximum Gasteiger partial charge on any atom is 0.212 e. The number of aryl methyl sites for hydroxylation is 1. The molecule has 4 aromatic rings. The van der Waals surface area contributed by atoms with E-state index in [0.717, 1.165) is 32.3 Å². The van der Waals surface area contributed by atoms with E-state index in [9.17, 15) is 4.79 Å². The fourth-order valence-corrected chi connectivity index (χ4v) is 4.19. The Hall–Kier alpha value is -3.35. The maximum atomic E-state index is 10.8. The second-order valence-corrected chi connectivity index (χ2v) is 7.71. The van der Waals surface area contributed by atoms with E-state index in [-0.39, 0.29) is 0 Å². The largest absolute Gasteiger partial charge is 0.313 e. The van der Waals surface area contributed by atoms with Crippen LogP contribution in [0.5, 0.6) is 0 Å². The Balaban J connectivity index is 1.74. The van der Waals surface area contributed by atoms with Gasteiger partial charge in [-0.2, -0.15) is 14.0 Å². The summed E-state index contributed by atoms with van der Waals surface area (Å²) < 4.78 is 8.56. The smallest absolute Gasteiger partial charge is 0.212 e. The molecule has 0 fully saturated rings. The van der Waals surface area contributed by atoms with Crippen molar-refractivity contribution in [3.8, 4) is 6.07 Å². The first-order valence-corrected chi connectivity index (χ1v) is 9.89. The molecule has 0 atom stereocenters. The van der Waals surface area contributed by atoms with E-state index in [1.54, 1.807) is 12.1 Å². The Bertz CT molecular complexity index is 1180. The van der Waals surface area contributed by atoms with Crippen molar-refractivity contribution in [1.82, 2.24) is 13.7 Å². The Kier molecular flexibility index (Phi) is 4.97. The van der Waals surface area contributed by atoms with Gasteiger partial charge in [0.25, 0.3) is 0 Å². The normalized spacial score (nSPS) is 10.6. The Labute approximate surface area is 169 Å². The van der Waals surface area contributed by atoms with Gasteiger partial charge in [0.1, 0.15) is 16.9 Å². The van der Waals surface area contributed by atoms with Gasteiger partial charge in [-0.15, -0.1) is 0 Å². The maximum absolute atomic E-state index is 10.8. The third-order valence-electron chi connectivity index (χ3n) is 4.18. The van der Waals surface area contributed by atoms with Gasteiger partial charge in [-0.25, -0.2) is 4.98 Å². The molecular weight excluding hydrogens is 392 g/mol. The van der Waals surface area contributed by atoms with E-state index in [2.05, 4.69) is 30.0 Å². The molecule has 0 saturated carbocycles.